The van der Waals surface area contributed by atoms with Gasteiger partial charge in [-0.2, -0.15) is 0 Å². The van der Waals surface area contributed by atoms with Crippen molar-refractivity contribution < 1.29 is 9.32 Å². The Kier molecular flexibility index (Phi) is 7.41. The van der Waals surface area contributed by atoms with Crippen LogP contribution in [0.4, 0.5) is 0 Å². The third-order valence-electron chi connectivity index (χ3n) is 2.60. The van der Waals surface area contributed by atoms with E-state index in [1.54, 1.807) is 0 Å². The van der Waals surface area contributed by atoms with Gasteiger partial charge in [-0.1, -0.05) is 20.8 Å². The molecule has 0 bridgehead atoms. The standard InChI is InChI=1S/C10H23NO2S/c1-4-10(12,5-2)9-11-7-8-14(13)6-3/h11-12H,4-9H2,1-3H3. The molecule has 0 rings (SSSR count). The van der Waals surface area contributed by atoms with Crippen LogP contribution in [0.15, 0.2) is 0 Å². The zero-order valence-corrected chi connectivity index (χ0v) is 10.3. The highest BCUT2D eigenvalue weighted by Crippen LogP contribution is 2.12. The Morgan fingerprint density at radius 2 is 1.86 bits per heavy atom. The van der Waals surface area contributed by atoms with Crippen LogP contribution in [0.2, 0.25) is 0 Å². The molecule has 0 aliphatic heterocycles. The number of hydrogen-bond donors (Lipinski definition) is 2. The molecule has 0 fully saturated rings. The first-order valence-corrected chi connectivity index (χ1v) is 6.84. The summed E-state index contributed by atoms with van der Waals surface area (Å²) in [5.41, 5.74) is -0.590. The lowest BCUT2D eigenvalue weighted by Gasteiger charge is -2.25. The molecule has 0 aliphatic rings. The highest BCUT2D eigenvalue weighted by Gasteiger charge is 2.20. The maximum absolute atomic E-state index is 11.1. The largest absolute Gasteiger partial charge is 0.389 e. The van der Waals surface area contributed by atoms with E-state index in [4.69, 9.17) is 0 Å². The summed E-state index contributed by atoms with van der Waals surface area (Å²) in [6, 6.07) is 0. The smallest absolute Gasteiger partial charge is 0.0766 e. The maximum Gasteiger partial charge on any atom is 0.0766 e. The van der Waals surface area contributed by atoms with E-state index in [0.717, 1.165) is 19.4 Å². The van der Waals surface area contributed by atoms with Crippen LogP contribution in [0.5, 0.6) is 0 Å². The third-order valence-corrected chi connectivity index (χ3v) is 3.90. The van der Waals surface area contributed by atoms with E-state index in [9.17, 15) is 9.32 Å². The van der Waals surface area contributed by atoms with Crippen LogP contribution in [0.3, 0.4) is 0 Å². The summed E-state index contributed by atoms with van der Waals surface area (Å²) in [6.07, 6.45) is 1.51. The van der Waals surface area contributed by atoms with Crippen molar-refractivity contribution in [2.75, 3.05) is 24.6 Å². The summed E-state index contributed by atoms with van der Waals surface area (Å²) >= 11 is 0. The topological polar surface area (TPSA) is 49.3 Å². The number of rotatable bonds is 8. The Balaban J connectivity index is 3.57. The lowest BCUT2D eigenvalue weighted by molar-refractivity contribution is 0.0332. The lowest BCUT2D eigenvalue weighted by atomic mass is 9.98. The van der Waals surface area contributed by atoms with Gasteiger partial charge >= 0.3 is 0 Å². The SMILES string of the molecule is CCS(=O)CCNCC(O)(CC)CC. The Hall–Kier alpha value is 0.0700. The molecule has 3 nitrogen and oxygen atoms in total. The Morgan fingerprint density at radius 3 is 2.29 bits per heavy atom. The first-order chi connectivity index (χ1) is 6.58. The minimum Gasteiger partial charge on any atom is -0.389 e. The van der Waals surface area contributed by atoms with E-state index in [0.29, 0.717) is 18.1 Å². The van der Waals surface area contributed by atoms with E-state index < -0.39 is 16.4 Å². The highest BCUT2D eigenvalue weighted by atomic mass is 32.2. The van der Waals surface area contributed by atoms with Gasteiger partial charge in [-0.25, -0.2) is 0 Å². The van der Waals surface area contributed by atoms with E-state index in [2.05, 4.69) is 5.32 Å². The van der Waals surface area contributed by atoms with E-state index in [1.807, 2.05) is 20.8 Å². The fourth-order valence-electron chi connectivity index (χ4n) is 1.15. The summed E-state index contributed by atoms with van der Waals surface area (Å²) < 4.78 is 11.1. The van der Waals surface area contributed by atoms with Gasteiger partial charge in [0, 0.05) is 35.4 Å². The molecular formula is C10H23NO2S. The van der Waals surface area contributed by atoms with Gasteiger partial charge in [-0.3, -0.25) is 4.21 Å². The van der Waals surface area contributed by atoms with Crippen LogP contribution in [-0.4, -0.2) is 39.5 Å². The summed E-state index contributed by atoms with van der Waals surface area (Å²) in [7, 11) is -0.703. The Labute approximate surface area is 89.7 Å². The second-order valence-electron chi connectivity index (χ2n) is 3.54. The van der Waals surface area contributed by atoms with E-state index in [-0.39, 0.29) is 0 Å². The molecule has 4 heteroatoms. The second-order valence-corrected chi connectivity index (χ2v) is 5.41. The van der Waals surface area contributed by atoms with Crippen molar-refractivity contribution >= 4 is 10.8 Å². The monoisotopic (exact) mass is 221 g/mol. The minimum absolute atomic E-state index is 0.590. The van der Waals surface area contributed by atoms with Gasteiger partial charge in [0.2, 0.25) is 0 Å². The van der Waals surface area contributed by atoms with Gasteiger partial charge in [0.25, 0.3) is 0 Å². The van der Waals surface area contributed by atoms with Crippen molar-refractivity contribution in [2.45, 2.75) is 39.2 Å². The van der Waals surface area contributed by atoms with Crippen LogP contribution in [-0.2, 0) is 10.8 Å². The zero-order chi connectivity index (χ0) is 11.0. The highest BCUT2D eigenvalue weighted by molar-refractivity contribution is 7.84. The predicted molar refractivity (Wildman–Crippen MR) is 62.0 cm³/mol. The predicted octanol–water partition coefficient (Wildman–Crippen LogP) is 0.896. The average Bonchev–Trinajstić information content (AvgIpc) is 2.23. The van der Waals surface area contributed by atoms with Crippen molar-refractivity contribution in [1.82, 2.24) is 5.32 Å². The molecular weight excluding hydrogens is 198 g/mol. The normalized spacial score (nSPS) is 14.3. The maximum atomic E-state index is 11.1. The zero-order valence-electron chi connectivity index (χ0n) is 9.51. The van der Waals surface area contributed by atoms with Crippen LogP contribution in [0, 0.1) is 0 Å². The quantitative estimate of drug-likeness (QED) is 0.599. The molecule has 0 aromatic heterocycles. The molecule has 0 aliphatic carbocycles. The van der Waals surface area contributed by atoms with Crippen molar-refractivity contribution in [3.63, 3.8) is 0 Å². The van der Waals surface area contributed by atoms with E-state index >= 15 is 0 Å². The van der Waals surface area contributed by atoms with Gasteiger partial charge in [-0.15, -0.1) is 0 Å². The molecule has 1 atom stereocenters. The van der Waals surface area contributed by atoms with Crippen LogP contribution >= 0.6 is 0 Å². The van der Waals surface area contributed by atoms with Gasteiger partial charge in [0.1, 0.15) is 0 Å². The van der Waals surface area contributed by atoms with E-state index in [1.165, 1.54) is 0 Å². The molecule has 0 radical (unpaired) electrons. The molecule has 0 aromatic carbocycles. The first-order valence-electron chi connectivity index (χ1n) is 5.36. The van der Waals surface area contributed by atoms with Crippen LogP contribution in [0.1, 0.15) is 33.6 Å². The molecule has 2 N–H and O–H groups in total. The third kappa shape index (κ3) is 5.73. The van der Waals surface area contributed by atoms with Gasteiger partial charge in [-0.05, 0) is 12.8 Å². The van der Waals surface area contributed by atoms with Crippen LogP contribution in [0.25, 0.3) is 0 Å². The van der Waals surface area contributed by atoms with Crippen molar-refractivity contribution in [2.24, 2.45) is 0 Å². The molecule has 0 aromatic rings. The average molecular weight is 221 g/mol. The molecule has 0 amide bonds. The molecule has 86 valence electrons. The summed E-state index contributed by atoms with van der Waals surface area (Å²) in [6.45, 7) is 7.21. The van der Waals surface area contributed by atoms with Gasteiger partial charge < -0.3 is 10.4 Å². The Bertz CT molecular complexity index is 170. The molecule has 0 heterocycles. The van der Waals surface area contributed by atoms with Gasteiger partial charge in [0.15, 0.2) is 0 Å². The van der Waals surface area contributed by atoms with Crippen molar-refractivity contribution in [3.05, 3.63) is 0 Å². The fourth-order valence-corrected chi connectivity index (χ4v) is 1.81. The first kappa shape index (κ1) is 14.1. The molecule has 0 saturated carbocycles. The Morgan fingerprint density at radius 1 is 1.29 bits per heavy atom. The summed E-state index contributed by atoms with van der Waals surface area (Å²) in [5.74, 6) is 1.40. The van der Waals surface area contributed by atoms with Crippen molar-refractivity contribution in [1.29, 1.82) is 0 Å². The minimum atomic E-state index is -0.703. The number of nitrogens with one attached hydrogen (secondary N) is 1. The fraction of sp³-hybridized carbons (Fsp3) is 1.00. The summed E-state index contributed by atoms with van der Waals surface area (Å²) in [5, 5.41) is 13.1. The molecule has 0 spiro atoms. The van der Waals surface area contributed by atoms with Crippen LogP contribution < -0.4 is 5.32 Å². The second kappa shape index (κ2) is 7.37. The molecule has 0 saturated heterocycles. The van der Waals surface area contributed by atoms with Gasteiger partial charge in [0.05, 0.1) is 5.60 Å². The number of hydrogen-bond acceptors (Lipinski definition) is 3. The number of aliphatic hydroxyl groups is 1. The summed E-state index contributed by atoms with van der Waals surface area (Å²) in [4.78, 5) is 0. The van der Waals surface area contributed by atoms with Crippen molar-refractivity contribution in [3.8, 4) is 0 Å². The molecule has 14 heavy (non-hydrogen) atoms. The lowest BCUT2D eigenvalue weighted by Crippen LogP contribution is -2.40. The molecule has 1 unspecified atom stereocenters.